The molecule has 156 valence electrons. The van der Waals surface area contributed by atoms with Gasteiger partial charge >= 0.3 is 0 Å². The second-order valence-corrected chi connectivity index (χ2v) is 8.59. The van der Waals surface area contributed by atoms with Gasteiger partial charge in [0.05, 0.1) is 30.8 Å². The molecule has 0 bridgehead atoms. The molecule has 3 aliphatic heterocycles. The van der Waals surface area contributed by atoms with Crippen LogP contribution in [-0.4, -0.2) is 79.1 Å². The van der Waals surface area contributed by atoms with Gasteiger partial charge in [0, 0.05) is 32.2 Å². The highest BCUT2D eigenvalue weighted by molar-refractivity contribution is 5.79. The summed E-state index contributed by atoms with van der Waals surface area (Å²) in [7, 11) is 0. The summed E-state index contributed by atoms with van der Waals surface area (Å²) >= 11 is 0. The summed E-state index contributed by atoms with van der Waals surface area (Å²) in [6, 6.07) is 10.7. The fourth-order valence-corrected chi connectivity index (χ4v) is 4.97. The highest BCUT2D eigenvalue weighted by Gasteiger charge is 2.33. The van der Waals surface area contributed by atoms with Gasteiger partial charge in [0.15, 0.2) is 0 Å². The number of morpholine rings is 1. The fourth-order valence-electron chi connectivity index (χ4n) is 4.97. The number of nitriles is 1. The summed E-state index contributed by atoms with van der Waals surface area (Å²) < 4.78 is 5.39. The van der Waals surface area contributed by atoms with Crippen LogP contribution in [0.15, 0.2) is 24.3 Å². The third-order valence-corrected chi connectivity index (χ3v) is 6.69. The van der Waals surface area contributed by atoms with Gasteiger partial charge in [-0.1, -0.05) is 12.1 Å². The lowest BCUT2D eigenvalue weighted by atomic mass is 9.92. The van der Waals surface area contributed by atoms with Gasteiger partial charge in [-0.3, -0.25) is 14.6 Å². The van der Waals surface area contributed by atoms with Crippen molar-refractivity contribution < 1.29 is 9.53 Å². The average Bonchev–Trinajstić information content (AvgIpc) is 2.80. The molecule has 6 heteroatoms. The number of carbonyl (C=O) groups is 1. The monoisotopic (exact) mass is 396 g/mol. The first kappa shape index (κ1) is 20.3. The standard InChI is InChI=1S/C23H32N4O2/c24-16-19-3-5-20(6-4-19)17-25-10-7-22(8-11-25)27-9-1-2-21(18-27)23(28)26-12-14-29-15-13-26/h3-6,21-22H,1-2,7-15,17-18H2/t21-/m1/s1. The van der Waals surface area contributed by atoms with Gasteiger partial charge in [-0.25, -0.2) is 0 Å². The van der Waals surface area contributed by atoms with E-state index in [1.807, 2.05) is 17.0 Å². The molecule has 0 spiro atoms. The predicted octanol–water partition coefficient (Wildman–Crippen LogP) is 2.09. The number of likely N-dealkylation sites (tertiary alicyclic amines) is 2. The smallest absolute Gasteiger partial charge is 0.227 e. The quantitative estimate of drug-likeness (QED) is 0.780. The number of rotatable bonds is 4. The Balaban J connectivity index is 1.25. The second-order valence-electron chi connectivity index (χ2n) is 8.59. The Bertz CT molecular complexity index is 715. The van der Waals surface area contributed by atoms with Gasteiger partial charge in [-0.2, -0.15) is 5.26 Å². The number of ether oxygens (including phenoxy) is 1. The lowest BCUT2D eigenvalue weighted by Crippen LogP contribution is -2.52. The van der Waals surface area contributed by atoms with Crippen LogP contribution in [0.25, 0.3) is 0 Å². The molecule has 1 aromatic rings. The molecule has 3 saturated heterocycles. The van der Waals surface area contributed by atoms with E-state index in [0.29, 0.717) is 25.2 Å². The number of hydrogen-bond acceptors (Lipinski definition) is 5. The van der Waals surface area contributed by atoms with Crippen molar-refractivity contribution in [3.05, 3.63) is 35.4 Å². The average molecular weight is 397 g/mol. The van der Waals surface area contributed by atoms with Gasteiger partial charge in [0.1, 0.15) is 0 Å². The molecular formula is C23H32N4O2. The molecule has 1 amide bonds. The van der Waals surface area contributed by atoms with Crippen LogP contribution in [0, 0.1) is 17.2 Å². The van der Waals surface area contributed by atoms with Crippen LogP contribution in [-0.2, 0) is 16.1 Å². The molecule has 0 unspecified atom stereocenters. The highest BCUT2D eigenvalue weighted by Crippen LogP contribution is 2.26. The van der Waals surface area contributed by atoms with Crippen LogP contribution in [0.3, 0.4) is 0 Å². The van der Waals surface area contributed by atoms with Crippen molar-refractivity contribution in [1.82, 2.24) is 14.7 Å². The minimum Gasteiger partial charge on any atom is -0.378 e. The van der Waals surface area contributed by atoms with Gasteiger partial charge < -0.3 is 9.64 Å². The number of carbonyl (C=O) groups excluding carboxylic acids is 1. The first-order valence-electron chi connectivity index (χ1n) is 11.0. The van der Waals surface area contributed by atoms with E-state index >= 15 is 0 Å². The molecule has 0 N–H and O–H groups in total. The zero-order valence-electron chi connectivity index (χ0n) is 17.3. The molecule has 0 radical (unpaired) electrons. The zero-order valence-corrected chi connectivity index (χ0v) is 17.3. The van der Waals surface area contributed by atoms with E-state index in [2.05, 4.69) is 28.0 Å². The van der Waals surface area contributed by atoms with Crippen LogP contribution in [0.1, 0.15) is 36.8 Å². The van der Waals surface area contributed by atoms with Gasteiger partial charge in [-0.05, 0) is 63.0 Å². The summed E-state index contributed by atoms with van der Waals surface area (Å²) in [4.78, 5) is 20.0. The van der Waals surface area contributed by atoms with Crippen molar-refractivity contribution in [2.45, 2.75) is 38.3 Å². The van der Waals surface area contributed by atoms with E-state index < -0.39 is 0 Å². The third kappa shape index (κ3) is 5.16. The van der Waals surface area contributed by atoms with E-state index in [0.717, 1.165) is 64.2 Å². The Hall–Kier alpha value is -1.94. The Morgan fingerprint density at radius 3 is 2.45 bits per heavy atom. The van der Waals surface area contributed by atoms with Gasteiger partial charge in [0.25, 0.3) is 0 Å². The molecule has 0 saturated carbocycles. The SMILES string of the molecule is N#Cc1ccc(CN2CCC(N3CCC[C@@H](C(=O)N4CCOCC4)C3)CC2)cc1. The number of benzene rings is 1. The highest BCUT2D eigenvalue weighted by atomic mass is 16.5. The number of amides is 1. The molecule has 6 nitrogen and oxygen atoms in total. The normalized spacial score (nSPS) is 24.9. The van der Waals surface area contributed by atoms with E-state index in [-0.39, 0.29) is 5.92 Å². The molecule has 29 heavy (non-hydrogen) atoms. The summed E-state index contributed by atoms with van der Waals surface area (Å²) in [5.74, 6) is 0.509. The Morgan fingerprint density at radius 1 is 1.03 bits per heavy atom. The van der Waals surface area contributed by atoms with E-state index in [1.54, 1.807) is 0 Å². The van der Waals surface area contributed by atoms with Crippen molar-refractivity contribution in [1.29, 1.82) is 5.26 Å². The van der Waals surface area contributed by atoms with Crippen molar-refractivity contribution in [3.63, 3.8) is 0 Å². The van der Waals surface area contributed by atoms with Gasteiger partial charge in [-0.15, -0.1) is 0 Å². The number of piperidine rings is 2. The molecule has 0 aliphatic carbocycles. The first-order chi connectivity index (χ1) is 14.2. The Kier molecular flexibility index (Phi) is 6.81. The fraction of sp³-hybridized carbons (Fsp3) is 0.652. The molecular weight excluding hydrogens is 364 g/mol. The summed E-state index contributed by atoms with van der Waals surface area (Å²) in [6.07, 6.45) is 4.51. The minimum absolute atomic E-state index is 0.165. The van der Waals surface area contributed by atoms with Crippen LogP contribution in [0.2, 0.25) is 0 Å². The second kappa shape index (κ2) is 9.71. The van der Waals surface area contributed by atoms with Crippen LogP contribution >= 0.6 is 0 Å². The maximum absolute atomic E-state index is 12.9. The first-order valence-corrected chi connectivity index (χ1v) is 11.0. The van der Waals surface area contributed by atoms with Crippen molar-refractivity contribution in [2.24, 2.45) is 5.92 Å². The van der Waals surface area contributed by atoms with Crippen molar-refractivity contribution in [3.8, 4) is 6.07 Å². The third-order valence-electron chi connectivity index (χ3n) is 6.69. The Morgan fingerprint density at radius 2 is 1.76 bits per heavy atom. The lowest BCUT2D eigenvalue weighted by Gasteiger charge is -2.43. The summed E-state index contributed by atoms with van der Waals surface area (Å²) in [6.45, 7) is 8.08. The maximum atomic E-state index is 12.9. The van der Waals surface area contributed by atoms with E-state index in [9.17, 15) is 4.79 Å². The van der Waals surface area contributed by atoms with Crippen LogP contribution in [0.5, 0.6) is 0 Å². The maximum Gasteiger partial charge on any atom is 0.227 e. The largest absolute Gasteiger partial charge is 0.378 e. The van der Waals surface area contributed by atoms with Gasteiger partial charge in [0.2, 0.25) is 5.91 Å². The molecule has 3 aliphatic rings. The summed E-state index contributed by atoms with van der Waals surface area (Å²) in [5.41, 5.74) is 2.00. The molecule has 3 fully saturated rings. The summed E-state index contributed by atoms with van der Waals surface area (Å²) in [5, 5.41) is 8.94. The Labute approximate surface area is 174 Å². The minimum atomic E-state index is 0.165. The predicted molar refractivity (Wildman–Crippen MR) is 111 cm³/mol. The van der Waals surface area contributed by atoms with Crippen LogP contribution < -0.4 is 0 Å². The molecule has 0 aromatic heterocycles. The van der Waals surface area contributed by atoms with E-state index in [1.165, 1.54) is 18.4 Å². The van der Waals surface area contributed by atoms with Crippen LogP contribution in [0.4, 0.5) is 0 Å². The van der Waals surface area contributed by atoms with Crippen molar-refractivity contribution in [2.75, 3.05) is 52.5 Å². The van der Waals surface area contributed by atoms with E-state index in [4.69, 9.17) is 10.00 Å². The van der Waals surface area contributed by atoms with Crippen molar-refractivity contribution >= 4 is 5.91 Å². The molecule has 3 heterocycles. The lowest BCUT2D eigenvalue weighted by molar-refractivity contribution is -0.142. The zero-order chi connectivity index (χ0) is 20.1. The topological polar surface area (TPSA) is 59.8 Å². The number of nitrogens with zero attached hydrogens (tertiary/aromatic N) is 4. The number of hydrogen-bond donors (Lipinski definition) is 0. The molecule has 1 aromatic carbocycles. The molecule has 4 rings (SSSR count). The molecule has 1 atom stereocenters.